The van der Waals surface area contributed by atoms with E-state index in [9.17, 15) is 4.79 Å². The summed E-state index contributed by atoms with van der Waals surface area (Å²) in [5.41, 5.74) is 0. The van der Waals surface area contributed by atoms with Gasteiger partial charge in [-0.25, -0.2) is 0 Å². The lowest BCUT2D eigenvalue weighted by Gasteiger charge is -2.22. The van der Waals surface area contributed by atoms with Crippen molar-refractivity contribution < 1.29 is 4.79 Å². The Kier molecular flexibility index (Phi) is 1.76. The van der Waals surface area contributed by atoms with Crippen molar-refractivity contribution in [1.82, 2.24) is 4.81 Å². The highest BCUT2D eigenvalue weighted by Gasteiger charge is 2.51. The molecule has 3 heteroatoms. The first-order valence-electron chi connectivity index (χ1n) is 5.54. The van der Waals surface area contributed by atoms with Gasteiger partial charge in [-0.05, 0) is 56.0 Å². The molecule has 0 amide bonds. The molecule has 2 saturated carbocycles. The molecule has 3 fully saturated rings. The van der Waals surface area contributed by atoms with Crippen molar-refractivity contribution in [3.63, 3.8) is 0 Å². The van der Waals surface area contributed by atoms with Gasteiger partial charge in [-0.15, -0.1) is 0 Å². The van der Waals surface area contributed by atoms with E-state index in [1.165, 1.54) is 32.4 Å². The molecule has 1 aliphatic heterocycles. The molecule has 4 unspecified atom stereocenters. The first kappa shape index (κ1) is 8.04. The predicted octanol–water partition coefficient (Wildman–Crippen LogP) is 0.506. The molecule has 0 N–H and O–H groups in total. The number of carbonyl (C=O) groups is 1. The number of nitrogens with zero attached hydrogens (tertiary/aromatic N) is 1. The third kappa shape index (κ3) is 1.09. The van der Waals surface area contributed by atoms with Crippen LogP contribution < -0.4 is 0 Å². The zero-order valence-corrected chi connectivity index (χ0v) is 7.98. The van der Waals surface area contributed by atoms with E-state index in [0.717, 1.165) is 29.9 Å². The molecule has 0 radical (unpaired) electrons. The molecule has 2 bridgehead atoms. The largest absolute Gasteiger partial charge is 0.338 e. The molecule has 2 nitrogen and oxygen atoms in total. The van der Waals surface area contributed by atoms with Crippen molar-refractivity contribution in [1.29, 1.82) is 0 Å². The third-order valence-corrected chi connectivity index (χ3v) is 4.55. The van der Waals surface area contributed by atoms with Gasteiger partial charge >= 0.3 is 0 Å². The number of fused-ring (bicyclic) bond motifs is 5. The lowest BCUT2D eigenvalue weighted by atomic mass is 9.82. The zero-order chi connectivity index (χ0) is 8.84. The predicted molar refractivity (Wildman–Crippen MR) is 53.3 cm³/mol. The zero-order valence-electron chi connectivity index (χ0n) is 7.98. The summed E-state index contributed by atoms with van der Waals surface area (Å²) in [6, 6.07) is 0. The molecule has 0 spiro atoms. The van der Waals surface area contributed by atoms with Crippen LogP contribution in [0.4, 0.5) is 0 Å². The molecule has 13 heavy (non-hydrogen) atoms. The number of rotatable bonds is 2. The van der Waals surface area contributed by atoms with Crippen LogP contribution in [0.3, 0.4) is 0 Å². The van der Waals surface area contributed by atoms with E-state index in [1.807, 2.05) is 0 Å². The Bertz CT molecular complexity index is 215. The second-order valence-corrected chi connectivity index (χ2v) is 5.05. The van der Waals surface area contributed by atoms with Crippen LogP contribution in [0.15, 0.2) is 0 Å². The van der Waals surface area contributed by atoms with Gasteiger partial charge in [0.1, 0.15) is 0 Å². The van der Waals surface area contributed by atoms with Crippen molar-refractivity contribution in [2.75, 3.05) is 13.1 Å². The molecule has 2 aliphatic carbocycles. The molecule has 0 aromatic carbocycles. The Morgan fingerprint density at radius 2 is 1.77 bits per heavy atom. The fourth-order valence-electron chi connectivity index (χ4n) is 4.02. The van der Waals surface area contributed by atoms with Crippen LogP contribution >= 0.6 is 0 Å². The SMILES string of the molecule is O=CBN1CC2C3CCC(C3)C2C1. The minimum Gasteiger partial charge on any atom is -0.338 e. The van der Waals surface area contributed by atoms with E-state index in [4.69, 9.17) is 0 Å². The van der Waals surface area contributed by atoms with Crippen molar-refractivity contribution >= 4 is 13.6 Å². The summed E-state index contributed by atoms with van der Waals surface area (Å²) < 4.78 is 0. The van der Waals surface area contributed by atoms with Gasteiger partial charge < -0.3 is 9.61 Å². The fraction of sp³-hybridized carbons (Fsp3) is 0.900. The van der Waals surface area contributed by atoms with Gasteiger partial charge in [-0.1, -0.05) is 0 Å². The minimum atomic E-state index is 0.673. The van der Waals surface area contributed by atoms with E-state index < -0.39 is 0 Å². The number of carbonyl (C=O) groups excluding carboxylic acids is 1. The maximum Gasteiger partial charge on any atom is 0.281 e. The topological polar surface area (TPSA) is 20.3 Å². The van der Waals surface area contributed by atoms with E-state index in [-0.39, 0.29) is 0 Å². The Hall–Kier alpha value is -0.305. The van der Waals surface area contributed by atoms with Crippen molar-refractivity contribution in [2.45, 2.75) is 19.3 Å². The first-order valence-corrected chi connectivity index (χ1v) is 5.54. The normalized spacial score (nSPS) is 48.0. The second kappa shape index (κ2) is 2.84. The van der Waals surface area contributed by atoms with Crippen LogP contribution in [0.25, 0.3) is 0 Å². The fourth-order valence-corrected chi connectivity index (χ4v) is 4.02. The summed E-state index contributed by atoms with van der Waals surface area (Å²) in [4.78, 5) is 12.8. The van der Waals surface area contributed by atoms with Gasteiger partial charge in [0.25, 0.3) is 7.41 Å². The van der Waals surface area contributed by atoms with Crippen molar-refractivity contribution in [3.05, 3.63) is 0 Å². The van der Waals surface area contributed by atoms with Crippen LogP contribution in [0.5, 0.6) is 0 Å². The first-order chi connectivity index (χ1) is 6.38. The standard InChI is InChI=1S/C10H16BNO/c13-6-11-12-4-9-7-1-2-8(3-7)10(9)5-12/h6-11H,1-5H2. The lowest BCUT2D eigenvalue weighted by molar-refractivity contribution is 0.281. The van der Waals surface area contributed by atoms with Gasteiger partial charge in [-0.3, -0.25) is 0 Å². The molecular weight excluding hydrogens is 161 g/mol. The molecule has 3 rings (SSSR count). The second-order valence-electron chi connectivity index (χ2n) is 5.05. The van der Waals surface area contributed by atoms with Gasteiger partial charge in [0.05, 0.1) is 6.19 Å². The number of hydrogen-bond acceptors (Lipinski definition) is 2. The average Bonchev–Trinajstić information content (AvgIpc) is 2.72. The summed E-state index contributed by atoms with van der Waals surface area (Å²) in [7, 11) is 0.673. The van der Waals surface area contributed by atoms with Gasteiger partial charge in [0.15, 0.2) is 0 Å². The summed E-state index contributed by atoms with van der Waals surface area (Å²) in [6.45, 7) is 2.43. The molecular formula is C10H16BNO. The number of hydrogen-bond donors (Lipinski definition) is 0. The molecule has 70 valence electrons. The Morgan fingerprint density at radius 1 is 1.15 bits per heavy atom. The minimum absolute atomic E-state index is 0.673. The monoisotopic (exact) mass is 177 g/mol. The molecule has 0 aromatic rings. The van der Waals surface area contributed by atoms with Crippen LogP contribution in [0, 0.1) is 23.7 Å². The summed E-state index contributed by atoms with van der Waals surface area (Å²) in [6.07, 6.45) is 5.51. The molecule has 1 saturated heterocycles. The quantitative estimate of drug-likeness (QED) is 0.452. The Labute approximate surface area is 79.9 Å². The maximum atomic E-state index is 10.4. The van der Waals surface area contributed by atoms with Crippen LogP contribution in [-0.4, -0.2) is 31.5 Å². The molecule has 3 aliphatic rings. The summed E-state index contributed by atoms with van der Waals surface area (Å²) in [5.74, 6) is 3.95. The average molecular weight is 177 g/mol. The van der Waals surface area contributed by atoms with Crippen LogP contribution in [0.2, 0.25) is 0 Å². The highest BCUT2D eigenvalue weighted by Crippen LogP contribution is 2.54. The van der Waals surface area contributed by atoms with Crippen LogP contribution in [0.1, 0.15) is 19.3 Å². The van der Waals surface area contributed by atoms with Crippen molar-refractivity contribution in [2.24, 2.45) is 23.7 Å². The Balaban J connectivity index is 1.72. The summed E-state index contributed by atoms with van der Waals surface area (Å²) >= 11 is 0. The molecule has 1 heterocycles. The van der Waals surface area contributed by atoms with E-state index in [2.05, 4.69) is 4.81 Å². The van der Waals surface area contributed by atoms with E-state index in [0.29, 0.717) is 7.41 Å². The lowest BCUT2D eigenvalue weighted by Crippen LogP contribution is -2.28. The molecule has 4 atom stereocenters. The van der Waals surface area contributed by atoms with Gasteiger partial charge in [0.2, 0.25) is 0 Å². The van der Waals surface area contributed by atoms with Crippen molar-refractivity contribution in [3.8, 4) is 0 Å². The van der Waals surface area contributed by atoms with Gasteiger partial charge in [0, 0.05) is 0 Å². The highest BCUT2D eigenvalue weighted by molar-refractivity contribution is 6.64. The van der Waals surface area contributed by atoms with Gasteiger partial charge in [-0.2, -0.15) is 0 Å². The third-order valence-electron chi connectivity index (χ3n) is 4.55. The Morgan fingerprint density at radius 3 is 2.31 bits per heavy atom. The van der Waals surface area contributed by atoms with E-state index >= 15 is 0 Å². The smallest absolute Gasteiger partial charge is 0.281 e. The summed E-state index contributed by atoms with van der Waals surface area (Å²) in [5, 5.41) is 0. The maximum absolute atomic E-state index is 10.4. The highest BCUT2D eigenvalue weighted by atomic mass is 16.1. The van der Waals surface area contributed by atoms with Crippen LogP contribution in [-0.2, 0) is 4.79 Å². The molecule has 0 aromatic heterocycles. The van der Waals surface area contributed by atoms with E-state index in [1.54, 1.807) is 0 Å².